The van der Waals surface area contributed by atoms with E-state index in [1.54, 1.807) is 6.20 Å². The zero-order chi connectivity index (χ0) is 15.1. The largest absolute Gasteiger partial charge is 0.382 e. The summed E-state index contributed by atoms with van der Waals surface area (Å²) < 4.78 is 23.0. The number of primary sulfonamides is 1. The quantitative estimate of drug-likeness (QED) is 0.804. The van der Waals surface area contributed by atoms with Gasteiger partial charge in [0.25, 0.3) is 0 Å². The van der Waals surface area contributed by atoms with Crippen molar-refractivity contribution in [3.63, 3.8) is 0 Å². The van der Waals surface area contributed by atoms with Gasteiger partial charge >= 0.3 is 0 Å². The summed E-state index contributed by atoms with van der Waals surface area (Å²) in [6.45, 7) is 2.09. The number of nitrogen functional groups attached to an aromatic ring is 1. The molecule has 0 aliphatic carbocycles. The van der Waals surface area contributed by atoms with E-state index in [4.69, 9.17) is 10.9 Å². The van der Waals surface area contributed by atoms with Crippen molar-refractivity contribution in [3.8, 4) is 0 Å². The third-order valence-corrected chi connectivity index (χ3v) is 4.95. The zero-order valence-corrected chi connectivity index (χ0v) is 13.2. The topological polar surface area (TPSA) is 119 Å². The highest BCUT2D eigenvalue weighted by atomic mass is 79.9. The first kappa shape index (κ1) is 15.2. The molecule has 1 unspecified atom stereocenters. The maximum atomic E-state index is 12.1. The Balaban J connectivity index is 2.31. The van der Waals surface area contributed by atoms with Crippen LogP contribution >= 0.6 is 15.9 Å². The molecule has 1 saturated heterocycles. The van der Waals surface area contributed by atoms with Gasteiger partial charge in [-0.3, -0.25) is 4.79 Å². The molecule has 0 spiro atoms. The second-order valence-electron chi connectivity index (χ2n) is 4.87. The summed E-state index contributed by atoms with van der Waals surface area (Å²) >= 11 is 3.34. The predicted molar refractivity (Wildman–Crippen MR) is 79.5 cm³/mol. The third-order valence-electron chi connectivity index (χ3n) is 3.22. The van der Waals surface area contributed by atoms with Crippen LogP contribution in [0.4, 0.5) is 11.5 Å². The summed E-state index contributed by atoms with van der Waals surface area (Å²) in [7, 11) is -3.60. The Morgan fingerprint density at radius 1 is 1.55 bits per heavy atom. The Kier molecular flexibility index (Phi) is 4.03. The van der Waals surface area contributed by atoms with Crippen molar-refractivity contribution < 1.29 is 13.2 Å². The number of nitrogens with two attached hydrogens (primary N) is 2. The lowest BCUT2D eigenvalue weighted by molar-refractivity contribution is -0.117. The molecule has 1 aromatic heterocycles. The smallest absolute Gasteiger partial charge is 0.227 e. The summed E-state index contributed by atoms with van der Waals surface area (Å²) in [5, 5.41) is 5.03. The van der Waals surface area contributed by atoms with Crippen LogP contribution < -0.4 is 15.8 Å². The van der Waals surface area contributed by atoms with E-state index in [1.165, 1.54) is 4.90 Å². The molecule has 1 atom stereocenters. The highest BCUT2D eigenvalue weighted by molar-refractivity contribution is 9.10. The summed E-state index contributed by atoms with van der Waals surface area (Å²) in [5.74, 6) is -0.464. The van der Waals surface area contributed by atoms with Crippen molar-refractivity contribution in [2.75, 3.05) is 22.9 Å². The molecule has 20 heavy (non-hydrogen) atoms. The molecule has 1 aliphatic rings. The first-order valence-corrected chi connectivity index (χ1v) is 8.41. The number of carbonyl (C=O) groups excluding carboxylic acids is 1. The summed E-state index contributed by atoms with van der Waals surface area (Å²) in [6, 6.07) is 0. The molecule has 9 heteroatoms. The van der Waals surface area contributed by atoms with Gasteiger partial charge in [-0.15, -0.1) is 0 Å². The number of sulfonamides is 1. The number of amides is 1. The average Bonchev–Trinajstić information content (AvgIpc) is 2.63. The van der Waals surface area contributed by atoms with Gasteiger partial charge in [-0.05, 0) is 28.4 Å². The standard InChI is InChI=1S/C11H15BrN4O3S/c1-6-8(12)3-15-11(13)10(6)16-4-7(2-9(16)17)5-20(14,18)19/h3,7H,2,4-5H2,1H3,(H2,13,15)(H2,14,18,19). The minimum absolute atomic E-state index is 0.141. The molecule has 0 aromatic carbocycles. The number of rotatable bonds is 3. The number of hydrogen-bond acceptors (Lipinski definition) is 5. The lowest BCUT2D eigenvalue weighted by atomic mass is 10.1. The van der Waals surface area contributed by atoms with E-state index in [9.17, 15) is 13.2 Å². The highest BCUT2D eigenvalue weighted by Crippen LogP contribution is 2.35. The van der Waals surface area contributed by atoms with Crippen molar-refractivity contribution in [2.24, 2.45) is 11.1 Å². The van der Waals surface area contributed by atoms with Crippen molar-refractivity contribution in [2.45, 2.75) is 13.3 Å². The predicted octanol–water partition coefficient (Wildman–Crippen LogP) is 0.376. The van der Waals surface area contributed by atoms with E-state index < -0.39 is 10.0 Å². The molecular formula is C11H15BrN4O3S. The minimum atomic E-state index is -3.60. The maximum Gasteiger partial charge on any atom is 0.227 e. The molecule has 110 valence electrons. The molecule has 4 N–H and O–H groups in total. The van der Waals surface area contributed by atoms with Gasteiger partial charge in [-0.2, -0.15) is 0 Å². The third kappa shape index (κ3) is 3.10. The van der Waals surface area contributed by atoms with Crippen LogP contribution in [0.15, 0.2) is 10.7 Å². The van der Waals surface area contributed by atoms with E-state index in [0.717, 1.165) is 10.0 Å². The molecular weight excluding hydrogens is 348 g/mol. The number of aromatic nitrogens is 1. The van der Waals surface area contributed by atoms with Gasteiger partial charge in [0.15, 0.2) is 0 Å². The highest BCUT2D eigenvalue weighted by Gasteiger charge is 2.34. The fourth-order valence-corrected chi connectivity index (χ4v) is 3.54. The molecule has 2 rings (SSSR count). The fraction of sp³-hybridized carbons (Fsp3) is 0.455. The Hall–Kier alpha value is -1.19. The van der Waals surface area contributed by atoms with Crippen molar-refractivity contribution in [1.29, 1.82) is 0 Å². The first-order valence-electron chi connectivity index (χ1n) is 5.90. The second kappa shape index (κ2) is 5.30. The van der Waals surface area contributed by atoms with Crippen LogP contribution in [0.5, 0.6) is 0 Å². The fourth-order valence-electron chi connectivity index (χ4n) is 2.37. The Labute approximate surface area is 125 Å². The Morgan fingerprint density at radius 3 is 2.80 bits per heavy atom. The van der Waals surface area contributed by atoms with Gasteiger partial charge in [-0.1, -0.05) is 0 Å². The molecule has 0 saturated carbocycles. The summed E-state index contributed by atoms with van der Waals surface area (Å²) in [5.41, 5.74) is 7.16. The van der Waals surface area contributed by atoms with Crippen LogP contribution in [0.2, 0.25) is 0 Å². The van der Waals surface area contributed by atoms with E-state index >= 15 is 0 Å². The van der Waals surface area contributed by atoms with Crippen LogP contribution in [0.1, 0.15) is 12.0 Å². The van der Waals surface area contributed by atoms with Crippen LogP contribution in [0.3, 0.4) is 0 Å². The van der Waals surface area contributed by atoms with Crippen LogP contribution in [0.25, 0.3) is 0 Å². The zero-order valence-electron chi connectivity index (χ0n) is 10.8. The van der Waals surface area contributed by atoms with E-state index in [1.807, 2.05) is 6.92 Å². The van der Waals surface area contributed by atoms with Crippen molar-refractivity contribution >= 4 is 43.4 Å². The van der Waals surface area contributed by atoms with Gasteiger partial charge in [0.2, 0.25) is 15.9 Å². The number of nitrogens with zero attached hydrogens (tertiary/aromatic N) is 2. The lowest BCUT2D eigenvalue weighted by Crippen LogP contribution is -2.29. The van der Waals surface area contributed by atoms with E-state index in [2.05, 4.69) is 20.9 Å². The first-order chi connectivity index (χ1) is 9.19. The number of carbonyl (C=O) groups is 1. The molecule has 1 aliphatic heterocycles. The summed E-state index contributed by atoms with van der Waals surface area (Å²) in [6.07, 6.45) is 1.71. The van der Waals surface area contributed by atoms with Crippen LogP contribution in [-0.4, -0.2) is 31.6 Å². The number of pyridine rings is 1. The van der Waals surface area contributed by atoms with Crippen LogP contribution in [-0.2, 0) is 14.8 Å². The van der Waals surface area contributed by atoms with E-state index in [0.29, 0.717) is 5.69 Å². The monoisotopic (exact) mass is 362 g/mol. The molecule has 1 aromatic rings. The molecule has 0 bridgehead atoms. The number of anilines is 2. The van der Waals surface area contributed by atoms with E-state index in [-0.39, 0.29) is 36.4 Å². The van der Waals surface area contributed by atoms with Gasteiger partial charge < -0.3 is 10.6 Å². The summed E-state index contributed by atoms with van der Waals surface area (Å²) in [4.78, 5) is 17.6. The number of hydrogen-bond donors (Lipinski definition) is 2. The molecule has 7 nitrogen and oxygen atoms in total. The molecule has 1 amide bonds. The van der Waals surface area contributed by atoms with Crippen molar-refractivity contribution in [3.05, 3.63) is 16.2 Å². The Morgan fingerprint density at radius 2 is 2.20 bits per heavy atom. The number of halogens is 1. The van der Waals surface area contributed by atoms with Crippen LogP contribution in [0, 0.1) is 12.8 Å². The van der Waals surface area contributed by atoms with Gasteiger partial charge in [0.1, 0.15) is 5.82 Å². The Bertz CT molecular complexity index is 662. The molecule has 2 heterocycles. The van der Waals surface area contributed by atoms with Gasteiger partial charge in [0.05, 0.1) is 11.4 Å². The maximum absolute atomic E-state index is 12.1. The average molecular weight is 363 g/mol. The molecule has 0 radical (unpaired) electrons. The minimum Gasteiger partial charge on any atom is -0.382 e. The van der Waals surface area contributed by atoms with Crippen molar-refractivity contribution in [1.82, 2.24) is 4.98 Å². The SMILES string of the molecule is Cc1c(Br)cnc(N)c1N1CC(CS(N)(=O)=O)CC1=O. The van der Waals surface area contributed by atoms with Gasteiger partial charge in [-0.25, -0.2) is 18.5 Å². The second-order valence-corrected chi connectivity index (χ2v) is 7.38. The van der Waals surface area contributed by atoms with Gasteiger partial charge in [0, 0.05) is 29.6 Å². The molecule has 1 fully saturated rings. The normalized spacial score (nSPS) is 19.6. The lowest BCUT2D eigenvalue weighted by Gasteiger charge is -2.21.